The Morgan fingerprint density at radius 1 is 0.895 bits per heavy atom. The van der Waals surface area contributed by atoms with Gasteiger partial charge in [0, 0.05) is 5.56 Å². The smallest absolute Gasteiger partial charge is 0.409 e. The zero-order valence-electron chi connectivity index (χ0n) is 10.2. The Morgan fingerprint density at radius 2 is 1.37 bits per heavy atom. The SMILES string of the molecule is N=C(N)c1ccccc1.NC(=O)Oc1ccccc1. The second-order valence-corrected chi connectivity index (χ2v) is 3.51. The quantitative estimate of drug-likeness (QED) is 0.567. The number of hydrogen-bond acceptors (Lipinski definition) is 3. The van der Waals surface area contributed by atoms with E-state index in [0.29, 0.717) is 5.75 Å². The highest BCUT2D eigenvalue weighted by atomic mass is 16.5. The normalized spacial score (nSPS) is 8.84. The van der Waals surface area contributed by atoms with Crippen molar-refractivity contribution in [2.45, 2.75) is 0 Å². The standard InChI is InChI=1S/C7H8N2.C7H7NO2/c8-7(9)6-4-2-1-3-5-6;8-7(9)10-6-4-2-1-3-5-6/h1-5H,(H3,8,9);1-5H,(H2,8,9). The molecule has 0 aliphatic heterocycles. The molecular weight excluding hydrogens is 242 g/mol. The Hall–Kier alpha value is -2.82. The van der Waals surface area contributed by atoms with Crippen LogP contribution in [-0.4, -0.2) is 11.9 Å². The molecule has 5 heteroatoms. The molecule has 98 valence electrons. The van der Waals surface area contributed by atoms with Gasteiger partial charge in [0.2, 0.25) is 0 Å². The third-order valence-corrected chi connectivity index (χ3v) is 2.05. The van der Waals surface area contributed by atoms with Crippen LogP contribution in [0.1, 0.15) is 5.56 Å². The largest absolute Gasteiger partial charge is 0.411 e. The highest BCUT2D eigenvalue weighted by Gasteiger charge is 1.93. The summed E-state index contributed by atoms with van der Waals surface area (Å²) in [7, 11) is 0. The number of ether oxygens (including phenoxy) is 1. The molecule has 1 amide bonds. The zero-order chi connectivity index (χ0) is 14.1. The van der Waals surface area contributed by atoms with Gasteiger partial charge in [0.25, 0.3) is 0 Å². The van der Waals surface area contributed by atoms with Crippen molar-refractivity contribution in [3.63, 3.8) is 0 Å². The van der Waals surface area contributed by atoms with Gasteiger partial charge in [0.15, 0.2) is 0 Å². The minimum atomic E-state index is -0.786. The van der Waals surface area contributed by atoms with Crippen LogP contribution >= 0.6 is 0 Å². The van der Waals surface area contributed by atoms with E-state index < -0.39 is 6.09 Å². The number of carbonyl (C=O) groups excluding carboxylic acids is 1. The van der Waals surface area contributed by atoms with E-state index >= 15 is 0 Å². The Balaban J connectivity index is 0.000000191. The summed E-state index contributed by atoms with van der Waals surface area (Å²) < 4.78 is 4.55. The van der Waals surface area contributed by atoms with Gasteiger partial charge in [0.1, 0.15) is 11.6 Å². The number of amides is 1. The summed E-state index contributed by atoms with van der Waals surface area (Å²) in [6.07, 6.45) is -0.786. The average Bonchev–Trinajstić information content (AvgIpc) is 2.41. The van der Waals surface area contributed by atoms with Crippen molar-refractivity contribution in [2.75, 3.05) is 0 Å². The summed E-state index contributed by atoms with van der Waals surface area (Å²) >= 11 is 0. The lowest BCUT2D eigenvalue weighted by Gasteiger charge is -1.96. The van der Waals surface area contributed by atoms with Crippen LogP contribution in [-0.2, 0) is 0 Å². The third kappa shape index (κ3) is 5.88. The van der Waals surface area contributed by atoms with Crippen LogP contribution in [0.25, 0.3) is 0 Å². The number of rotatable bonds is 2. The molecule has 5 N–H and O–H groups in total. The van der Waals surface area contributed by atoms with Gasteiger partial charge in [-0.15, -0.1) is 0 Å². The van der Waals surface area contributed by atoms with Crippen LogP contribution in [0.15, 0.2) is 60.7 Å². The lowest BCUT2D eigenvalue weighted by atomic mass is 10.2. The minimum absolute atomic E-state index is 0.121. The maximum atomic E-state index is 10.2. The molecule has 0 bridgehead atoms. The summed E-state index contributed by atoms with van der Waals surface area (Å²) in [5, 5.41) is 7.01. The van der Waals surface area contributed by atoms with Crippen molar-refractivity contribution in [3.8, 4) is 5.75 Å². The highest BCUT2D eigenvalue weighted by Crippen LogP contribution is 2.07. The number of para-hydroxylation sites is 1. The molecule has 0 atom stereocenters. The van der Waals surface area contributed by atoms with Gasteiger partial charge in [-0.1, -0.05) is 48.5 Å². The monoisotopic (exact) mass is 257 g/mol. The maximum Gasteiger partial charge on any atom is 0.409 e. The van der Waals surface area contributed by atoms with E-state index in [1.165, 1.54) is 0 Å². The highest BCUT2D eigenvalue weighted by molar-refractivity contribution is 5.94. The van der Waals surface area contributed by atoms with Crippen LogP contribution in [0.3, 0.4) is 0 Å². The van der Waals surface area contributed by atoms with Gasteiger partial charge >= 0.3 is 6.09 Å². The Bertz CT molecular complexity index is 527. The van der Waals surface area contributed by atoms with E-state index in [-0.39, 0.29) is 5.84 Å². The second kappa shape index (κ2) is 7.50. The molecule has 0 spiro atoms. The third-order valence-electron chi connectivity index (χ3n) is 2.05. The van der Waals surface area contributed by atoms with Gasteiger partial charge in [-0.2, -0.15) is 0 Å². The summed E-state index contributed by atoms with van der Waals surface area (Å²) in [6, 6.07) is 17.9. The summed E-state index contributed by atoms with van der Waals surface area (Å²) in [5.41, 5.74) is 10.7. The van der Waals surface area contributed by atoms with Crippen molar-refractivity contribution in [3.05, 3.63) is 66.2 Å². The average molecular weight is 257 g/mol. The van der Waals surface area contributed by atoms with E-state index in [4.69, 9.17) is 16.9 Å². The van der Waals surface area contributed by atoms with E-state index in [9.17, 15) is 4.79 Å². The van der Waals surface area contributed by atoms with E-state index in [1.54, 1.807) is 24.3 Å². The van der Waals surface area contributed by atoms with Gasteiger partial charge in [-0.25, -0.2) is 4.79 Å². The maximum absolute atomic E-state index is 10.2. The van der Waals surface area contributed by atoms with Crippen molar-refractivity contribution >= 4 is 11.9 Å². The zero-order valence-corrected chi connectivity index (χ0v) is 10.2. The molecule has 0 heterocycles. The summed E-state index contributed by atoms with van der Waals surface area (Å²) in [4.78, 5) is 10.2. The molecule has 0 radical (unpaired) electrons. The predicted octanol–water partition coefficient (Wildman–Crippen LogP) is 2.11. The van der Waals surface area contributed by atoms with Crippen LogP contribution in [0.2, 0.25) is 0 Å². The molecule has 2 aromatic carbocycles. The summed E-state index contributed by atoms with van der Waals surface area (Å²) in [5.74, 6) is 0.589. The summed E-state index contributed by atoms with van der Waals surface area (Å²) in [6.45, 7) is 0. The first-order valence-electron chi connectivity index (χ1n) is 5.51. The molecule has 0 aliphatic rings. The number of nitrogen functional groups attached to an aromatic ring is 1. The molecule has 2 aromatic rings. The Morgan fingerprint density at radius 3 is 1.74 bits per heavy atom. The van der Waals surface area contributed by atoms with Crippen molar-refractivity contribution in [1.29, 1.82) is 5.41 Å². The molecule has 0 aliphatic carbocycles. The first-order valence-corrected chi connectivity index (χ1v) is 5.51. The van der Waals surface area contributed by atoms with Crippen LogP contribution < -0.4 is 16.2 Å². The topological polar surface area (TPSA) is 102 Å². The lowest BCUT2D eigenvalue weighted by molar-refractivity contribution is 0.211. The van der Waals surface area contributed by atoms with Gasteiger partial charge in [-0.05, 0) is 12.1 Å². The van der Waals surface area contributed by atoms with E-state index in [2.05, 4.69) is 4.74 Å². The molecule has 19 heavy (non-hydrogen) atoms. The van der Waals surface area contributed by atoms with Gasteiger partial charge < -0.3 is 16.2 Å². The predicted molar refractivity (Wildman–Crippen MR) is 74.1 cm³/mol. The van der Waals surface area contributed by atoms with Gasteiger partial charge in [-0.3, -0.25) is 5.41 Å². The number of nitrogens with two attached hydrogens (primary N) is 2. The van der Waals surface area contributed by atoms with Gasteiger partial charge in [0.05, 0.1) is 0 Å². The molecular formula is C14H15N3O2. The molecule has 0 saturated carbocycles. The number of benzene rings is 2. The minimum Gasteiger partial charge on any atom is -0.411 e. The Kier molecular flexibility index (Phi) is 5.62. The fourth-order valence-electron chi connectivity index (χ4n) is 1.22. The molecule has 5 nitrogen and oxygen atoms in total. The van der Waals surface area contributed by atoms with Crippen LogP contribution in [0.5, 0.6) is 5.75 Å². The van der Waals surface area contributed by atoms with Crippen molar-refractivity contribution in [1.82, 2.24) is 0 Å². The molecule has 0 unspecified atom stereocenters. The number of carbonyl (C=O) groups is 1. The van der Waals surface area contributed by atoms with Crippen LogP contribution in [0, 0.1) is 5.41 Å². The number of amidine groups is 1. The molecule has 0 aromatic heterocycles. The number of hydrogen-bond donors (Lipinski definition) is 3. The van der Waals surface area contributed by atoms with Crippen molar-refractivity contribution in [2.24, 2.45) is 11.5 Å². The molecule has 0 saturated heterocycles. The fraction of sp³-hybridized carbons (Fsp3) is 0. The first kappa shape index (κ1) is 14.2. The number of primary amides is 1. The van der Waals surface area contributed by atoms with Crippen LogP contribution in [0.4, 0.5) is 4.79 Å². The van der Waals surface area contributed by atoms with E-state index in [0.717, 1.165) is 5.56 Å². The first-order chi connectivity index (χ1) is 9.09. The molecule has 2 rings (SSSR count). The Labute approximate surface area is 111 Å². The molecule has 0 fully saturated rings. The lowest BCUT2D eigenvalue weighted by Crippen LogP contribution is -2.15. The second-order valence-electron chi connectivity index (χ2n) is 3.51. The van der Waals surface area contributed by atoms with E-state index in [1.807, 2.05) is 36.4 Å². The number of nitrogens with one attached hydrogen (secondary N) is 1. The van der Waals surface area contributed by atoms with Crippen molar-refractivity contribution < 1.29 is 9.53 Å². The fourth-order valence-corrected chi connectivity index (χ4v) is 1.22.